The maximum Gasteiger partial charge on any atom is 0.320 e. The molecule has 1 aromatic carbocycles. The molecular weight excluding hydrogens is 295 g/mol. The number of benzene rings is 1. The lowest BCUT2D eigenvalue weighted by Crippen LogP contribution is -1.95. The molecule has 0 saturated heterocycles. The van der Waals surface area contributed by atoms with Crippen molar-refractivity contribution in [3.63, 3.8) is 0 Å². The van der Waals surface area contributed by atoms with E-state index in [1.54, 1.807) is 12.1 Å². The van der Waals surface area contributed by atoms with Crippen molar-refractivity contribution in [2.45, 2.75) is 6.54 Å². The summed E-state index contributed by atoms with van der Waals surface area (Å²) in [5.74, 6) is 0.371. The molecule has 0 bridgehead atoms. The van der Waals surface area contributed by atoms with Crippen LogP contribution in [0.4, 0.5) is 11.7 Å². The van der Waals surface area contributed by atoms with Crippen LogP contribution in [0.1, 0.15) is 5.89 Å². The van der Waals surface area contributed by atoms with E-state index in [-0.39, 0.29) is 12.6 Å². The minimum atomic E-state index is 0.211. The molecule has 5 nitrogen and oxygen atoms in total. The summed E-state index contributed by atoms with van der Waals surface area (Å²) in [6, 6.07) is 5.70. The number of nitrogens with one attached hydrogen (secondary N) is 1. The zero-order valence-corrected chi connectivity index (χ0v) is 10.4. The second kappa shape index (κ2) is 4.82. The summed E-state index contributed by atoms with van der Waals surface area (Å²) < 4.78 is 6.09. The maximum atomic E-state index is 6.01. The first-order chi connectivity index (χ1) is 7.69. The molecule has 7 heteroatoms. The van der Waals surface area contributed by atoms with Crippen molar-refractivity contribution in [1.29, 1.82) is 0 Å². The molecule has 2 aromatic rings. The van der Waals surface area contributed by atoms with Crippen LogP contribution in [-0.2, 0) is 6.54 Å². The molecule has 0 atom stereocenters. The van der Waals surface area contributed by atoms with Gasteiger partial charge in [-0.2, -0.15) is 0 Å². The van der Waals surface area contributed by atoms with Crippen LogP contribution in [0.3, 0.4) is 0 Å². The molecular formula is C9H8BrClN4O. The van der Waals surface area contributed by atoms with E-state index in [2.05, 4.69) is 31.4 Å². The van der Waals surface area contributed by atoms with Crippen molar-refractivity contribution in [2.24, 2.45) is 5.73 Å². The van der Waals surface area contributed by atoms with Gasteiger partial charge < -0.3 is 15.5 Å². The van der Waals surface area contributed by atoms with Gasteiger partial charge in [-0.05, 0) is 18.2 Å². The Labute approximate surface area is 105 Å². The average Bonchev–Trinajstić information content (AvgIpc) is 2.70. The normalized spacial score (nSPS) is 10.4. The third kappa shape index (κ3) is 2.52. The Balaban J connectivity index is 2.20. The number of nitrogens with two attached hydrogens (primary N) is 1. The predicted octanol–water partition coefficient (Wildman–Crippen LogP) is 2.69. The van der Waals surface area contributed by atoms with Crippen molar-refractivity contribution < 1.29 is 4.42 Å². The highest BCUT2D eigenvalue weighted by Crippen LogP contribution is 2.27. The topological polar surface area (TPSA) is 77.0 Å². The first-order valence-corrected chi connectivity index (χ1v) is 5.60. The van der Waals surface area contributed by atoms with E-state index in [1.807, 2.05) is 6.07 Å². The molecule has 0 radical (unpaired) electrons. The van der Waals surface area contributed by atoms with Gasteiger partial charge in [0.1, 0.15) is 0 Å². The van der Waals surface area contributed by atoms with Crippen molar-refractivity contribution in [1.82, 2.24) is 10.2 Å². The summed E-state index contributed by atoms with van der Waals surface area (Å²) in [5, 5.41) is 11.0. The smallest absolute Gasteiger partial charge is 0.320 e. The highest BCUT2D eigenvalue weighted by molar-refractivity contribution is 9.10. The van der Waals surface area contributed by atoms with Gasteiger partial charge in [0.25, 0.3) is 0 Å². The molecule has 0 aliphatic heterocycles. The van der Waals surface area contributed by atoms with Gasteiger partial charge in [-0.1, -0.05) is 32.6 Å². The number of aromatic nitrogens is 2. The van der Waals surface area contributed by atoms with E-state index >= 15 is 0 Å². The quantitative estimate of drug-likeness (QED) is 0.911. The lowest BCUT2D eigenvalue weighted by atomic mass is 10.3. The number of rotatable bonds is 3. The second-order valence-electron chi connectivity index (χ2n) is 2.95. The van der Waals surface area contributed by atoms with Crippen LogP contribution >= 0.6 is 27.5 Å². The Bertz CT molecular complexity index is 502. The number of halogens is 2. The molecule has 0 spiro atoms. The maximum absolute atomic E-state index is 6.01. The summed E-state index contributed by atoms with van der Waals surface area (Å²) in [5.41, 5.74) is 6.04. The molecule has 2 rings (SSSR count). The average molecular weight is 304 g/mol. The van der Waals surface area contributed by atoms with Crippen molar-refractivity contribution >= 4 is 39.2 Å². The van der Waals surface area contributed by atoms with E-state index < -0.39 is 0 Å². The molecule has 0 amide bonds. The SMILES string of the molecule is NCc1nnc(Nc2ccc(Br)cc2Cl)o1. The van der Waals surface area contributed by atoms with Gasteiger partial charge in [-0.3, -0.25) is 0 Å². The molecule has 3 N–H and O–H groups in total. The monoisotopic (exact) mass is 302 g/mol. The lowest BCUT2D eigenvalue weighted by molar-refractivity contribution is 0.511. The molecule has 1 aromatic heterocycles. The fourth-order valence-electron chi connectivity index (χ4n) is 1.09. The number of hydrogen-bond acceptors (Lipinski definition) is 5. The van der Waals surface area contributed by atoms with Gasteiger partial charge in [0.15, 0.2) is 0 Å². The van der Waals surface area contributed by atoms with Crippen LogP contribution < -0.4 is 11.1 Å². The summed E-state index contributed by atoms with van der Waals surface area (Å²) in [7, 11) is 0. The highest BCUT2D eigenvalue weighted by atomic mass is 79.9. The first-order valence-electron chi connectivity index (χ1n) is 4.43. The van der Waals surface area contributed by atoms with Crippen LogP contribution in [0.15, 0.2) is 27.1 Å². The van der Waals surface area contributed by atoms with E-state index in [0.717, 1.165) is 4.47 Å². The van der Waals surface area contributed by atoms with Gasteiger partial charge in [0, 0.05) is 4.47 Å². The summed E-state index contributed by atoms with van der Waals surface area (Å²) in [4.78, 5) is 0. The molecule has 0 unspecified atom stereocenters. The minimum Gasteiger partial charge on any atom is -0.406 e. The Morgan fingerprint density at radius 3 is 2.88 bits per heavy atom. The van der Waals surface area contributed by atoms with Crippen LogP contribution in [0.5, 0.6) is 0 Å². The van der Waals surface area contributed by atoms with Gasteiger partial charge in [-0.15, -0.1) is 5.10 Å². The molecule has 0 aliphatic rings. The van der Waals surface area contributed by atoms with Crippen LogP contribution in [0, 0.1) is 0 Å². The number of anilines is 2. The second-order valence-corrected chi connectivity index (χ2v) is 4.28. The zero-order chi connectivity index (χ0) is 11.5. The molecule has 0 aliphatic carbocycles. The van der Waals surface area contributed by atoms with Gasteiger partial charge >= 0.3 is 6.01 Å². The minimum absolute atomic E-state index is 0.211. The van der Waals surface area contributed by atoms with E-state index in [4.69, 9.17) is 21.8 Å². The van der Waals surface area contributed by atoms with E-state index in [0.29, 0.717) is 16.6 Å². The van der Waals surface area contributed by atoms with E-state index in [1.165, 1.54) is 0 Å². The van der Waals surface area contributed by atoms with Gasteiger partial charge in [0.2, 0.25) is 5.89 Å². The number of hydrogen-bond donors (Lipinski definition) is 2. The fourth-order valence-corrected chi connectivity index (χ4v) is 1.81. The summed E-state index contributed by atoms with van der Waals surface area (Å²) >= 11 is 9.33. The molecule has 0 fully saturated rings. The molecule has 16 heavy (non-hydrogen) atoms. The highest BCUT2D eigenvalue weighted by Gasteiger charge is 2.07. The van der Waals surface area contributed by atoms with Crippen LogP contribution in [0.25, 0.3) is 0 Å². The Morgan fingerprint density at radius 2 is 2.25 bits per heavy atom. The Morgan fingerprint density at radius 1 is 1.44 bits per heavy atom. The Kier molecular flexibility index (Phi) is 3.42. The largest absolute Gasteiger partial charge is 0.406 e. The van der Waals surface area contributed by atoms with Crippen molar-refractivity contribution in [2.75, 3.05) is 5.32 Å². The van der Waals surface area contributed by atoms with Crippen molar-refractivity contribution in [3.8, 4) is 0 Å². The number of nitrogens with zero attached hydrogens (tertiary/aromatic N) is 2. The van der Waals surface area contributed by atoms with Crippen LogP contribution in [0.2, 0.25) is 5.02 Å². The van der Waals surface area contributed by atoms with Crippen molar-refractivity contribution in [3.05, 3.63) is 33.6 Å². The zero-order valence-electron chi connectivity index (χ0n) is 8.08. The third-order valence-corrected chi connectivity index (χ3v) is 2.62. The lowest BCUT2D eigenvalue weighted by Gasteiger charge is -2.03. The summed E-state index contributed by atoms with van der Waals surface area (Å²) in [6.45, 7) is 0.211. The Hall–Kier alpha value is -1.11. The summed E-state index contributed by atoms with van der Waals surface area (Å²) in [6.07, 6.45) is 0. The molecule has 1 heterocycles. The first kappa shape index (κ1) is 11.4. The van der Waals surface area contributed by atoms with Crippen LogP contribution in [-0.4, -0.2) is 10.2 Å². The third-order valence-electron chi connectivity index (χ3n) is 1.81. The molecule has 0 saturated carbocycles. The van der Waals surface area contributed by atoms with Gasteiger partial charge in [-0.25, -0.2) is 0 Å². The molecule has 84 valence electrons. The van der Waals surface area contributed by atoms with E-state index in [9.17, 15) is 0 Å². The fraction of sp³-hybridized carbons (Fsp3) is 0.111. The van der Waals surface area contributed by atoms with Gasteiger partial charge in [0.05, 0.1) is 17.3 Å². The standard InChI is InChI=1S/C9H8BrClN4O/c10-5-1-2-7(6(11)3-5)13-9-15-14-8(4-12)16-9/h1-3H,4,12H2,(H,13,15). The predicted molar refractivity (Wildman–Crippen MR) is 64.6 cm³/mol.